The molecule has 19 heavy (non-hydrogen) atoms. The van der Waals surface area contributed by atoms with Crippen molar-refractivity contribution in [1.29, 1.82) is 5.26 Å². The second-order valence-electron chi connectivity index (χ2n) is 4.11. The summed E-state index contributed by atoms with van der Waals surface area (Å²) in [7, 11) is 0. The zero-order valence-corrected chi connectivity index (χ0v) is 10.00. The summed E-state index contributed by atoms with van der Waals surface area (Å²) in [5.74, 6) is -2.63. The molecule has 3 amide bonds. The van der Waals surface area contributed by atoms with Crippen molar-refractivity contribution in [3.8, 4) is 6.19 Å². The molecule has 2 rings (SSSR count). The molecular formula is C13H11N3O3. The molecule has 1 aromatic carbocycles. The summed E-state index contributed by atoms with van der Waals surface area (Å²) < 4.78 is 0. The van der Waals surface area contributed by atoms with E-state index in [1.54, 1.807) is 36.5 Å². The van der Waals surface area contributed by atoms with Crippen LogP contribution in [-0.2, 0) is 14.4 Å². The lowest BCUT2D eigenvalue weighted by atomic mass is 9.96. The van der Waals surface area contributed by atoms with Crippen molar-refractivity contribution in [2.24, 2.45) is 5.92 Å². The molecule has 0 aromatic heterocycles. The van der Waals surface area contributed by atoms with Gasteiger partial charge in [-0.2, -0.15) is 5.26 Å². The Labute approximate surface area is 109 Å². The number of imide groups is 1. The second-order valence-corrected chi connectivity index (χ2v) is 4.11. The molecule has 1 fully saturated rings. The summed E-state index contributed by atoms with van der Waals surface area (Å²) in [5.41, 5.74) is 0.403. The van der Waals surface area contributed by atoms with Gasteiger partial charge < -0.3 is 0 Å². The van der Waals surface area contributed by atoms with Gasteiger partial charge in [0.25, 0.3) is 5.91 Å². The molecule has 1 heterocycles. The fourth-order valence-corrected chi connectivity index (χ4v) is 1.90. The summed E-state index contributed by atoms with van der Waals surface area (Å²) in [4.78, 5) is 35.7. The number of hydrogen-bond donors (Lipinski definition) is 1. The molecule has 6 heteroatoms. The minimum absolute atomic E-state index is 0.107. The first-order chi connectivity index (χ1) is 9.13. The van der Waals surface area contributed by atoms with Crippen molar-refractivity contribution in [3.63, 3.8) is 0 Å². The Morgan fingerprint density at radius 3 is 2.58 bits per heavy atom. The normalized spacial score (nSPS) is 18.4. The zero-order chi connectivity index (χ0) is 13.8. The molecule has 1 N–H and O–H groups in total. The summed E-state index contributed by atoms with van der Waals surface area (Å²) >= 11 is 0. The second kappa shape index (κ2) is 5.31. The summed E-state index contributed by atoms with van der Waals surface area (Å²) in [6.07, 6.45) is 2.01. The van der Waals surface area contributed by atoms with Crippen LogP contribution in [0.4, 0.5) is 5.69 Å². The van der Waals surface area contributed by atoms with Gasteiger partial charge in [-0.3, -0.25) is 19.7 Å². The van der Waals surface area contributed by atoms with Crippen LogP contribution in [0.15, 0.2) is 30.3 Å². The molecule has 1 aromatic rings. The standard InChI is InChI=1S/C13H11N3O3/c14-8-16(9-4-2-1-3-5-9)13(19)10-6-7-11(17)15-12(10)18/h1-5,10H,6-7H2,(H,15,17,18). The van der Waals surface area contributed by atoms with E-state index in [-0.39, 0.29) is 12.8 Å². The van der Waals surface area contributed by atoms with Gasteiger partial charge in [0, 0.05) is 6.42 Å². The van der Waals surface area contributed by atoms with Crippen LogP contribution in [0.25, 0.3) is 0 Å². The highest BCUT2D eigenvalue weighted by molar-refractivity contribution is 6.13. The molecular weight excluding hydrogens is 246 g/mol. The summed E-state index contributed by atoms with van der Waals surface area (Å²) in [6, 6.07) is 8.35. The number of anilines is 1. The Morgan fingerprint density at radius 1 is 1.32 bits per heavy atom. The molecule has 6 nitrogen and oxygen atoms in total. The quantitative estimate of drug-likeness (QED) is 0.362. The maximum Gasteiger partial charge on any atom is 0.252 e. The van der Waals surface area contributed by atoms with Crippen molar-refractivity contribution >= 4 is 23.4 Å². The van der Waals surface area contributed by atoms with Crippen LogP contribution in [0.3, 0.4) is 0 Å². The number of benzene rings is 1. The van der Waals surface area contributed by atoms with Gasteiger partial charge >= 0.3 is 0 Å². The van der Waals surface area contributed by atoms with Gasteiger partial charge in [0.1, 0.15) is 5.92 Å². The molecule has 1 atom stereocenters. The minimum Gasteiger partial charge on any atom is -0.296 e. The van der Waals surface area contributed by atoms with Crippen LogP contribution in [0.1, 0.15) is 12.8 Å². The molecule has 1 unspecified atom stereocenters. The predicted octanol–water partition coefficient (Wildman–Crippen LogP) is 0.553. The third-order valence-electron chi connectivity index (χ3n) is 2.87. The van der Waals surface area contributed by atoms with Gasteiger partial charge in [-0.25, -0.2) is 4.90 Å². The van der Waals surface area contributed by atoms with Crippen molar-refractivity contribution < 1.29 is 14.4 Å². The molecule has 0 aliphatic carbocycles. The molecule has 1 aliphatic heterocycles. The van der Waals surface area contributed by atoms with Crippen LogP contribution in [0.5, 0.6) is 0 Å². The van der Waals surface area contributed by atoms with E-state index < -0.39 is 23.6 Å². The van der Waals surface area contributed by atoms with E-state index >= 15 is 0 Å². The number of nitriles is 1. The summed E-state index contributed by atoms with van der Waals surface area (Å²) in [6.45, 7) is 0. The average Bonchev–Trinajstić information content (AvgIpc) is 2.40. The van der Waals surface area contributed by atoms with E-state index in [1.807, 2.05) is 0 Å². The highest BCUT2D eigenvalue weighted by Crippen LogP contribution is 2.20. The van der Waals surface area contributed by atoms with Crippen LogP contribution >= 0.6 is 0 Å². The smallest absolute Gasteiger partial charge is 0.252 e. The van der Waals surface area contributed by atoms with Crippen LogP contribution in [0.2, 0.25) is 0 Å². The number of carbonyl (C=O) groups excluding carboxylic acids is 3. The maximum absolute atomic E-state index is 12.2. The van der Waals surface area contributed by atoms with E-state index in [1.165, 1.54) is 0 Å². The third-order valence-corrected chi connectivity index (χ3v) is 2.87. The number of piperidine rings is 1. The first-order valence-electron chi connectivity index (χ1n) is 5.76. The van der Waals surface area contributed by atoms with Gasteiger partial charge in [-0.05, 0) is 18.6 Å². The largest absolute Gasteiger partial charge is 0.296 e. The Kier molecular flexibility index (Phi) is 3.57. The van der Waals surface area contributed by atoms with Crippen LogP contribution in [-0.4, -0.2) is 17.7 Å². The SMILES string of the molecule is N#CN(C(=O)C1CCC(=O)NC1=O)c1ccccc1. The van der Waals surface area contributed by atoms with Gasteiger partial charge in [-0.15, -0.1) is 0 Å². The molecule has 0 spiro atoms. The lowest BCUT2D eigenvalue weighted by Gasteiger charge is -2.23. The average molecular weight is 257 g/mol. The number of nitrogens with zero attached hydrogens (tertiary/aromatic N) is 2. The summed E-state index contributed by atoms with van der Waals surface area (Å²) in [5, 5.41) is 11.2. The molecule has 0 radical (unpaired) electrons. The Balaban J connectivity index is 2.21. The van der Waals surface area contributed by atoms with Crippen molar-refractivity contribution in [2.75, 3.05) is 4.90 Å². The van der Waals surface area contributed by atoms with E-state index in [9.17, 15) is 14.4 Å². The molecule has 1 saturated heterocycles. The topological polar surface area (TPSA) is 90.3 Å². The Hall–Kier alpha value is -2.68. The van der Waals surface area contributed by atoms with E-state index in [0.29, 0.717) is 5.69 Å². The maximum atomic E-state index is 12.2. The first-order valence-corrected chi connectivity index (χ1v) is 5.76. The monoisotopic (exact) mass is 257 g/mol. The number of carbonyl (C=O) groups is 3. The number of amides is 3. The van der Waals surface area contributed by atoms with E-state index in [2.05, 4.69) is 5.32 Å². The first kappa shape index (κ1) is 12.8. The minimum atomic E-state index is -0.988. The number of para-hydroxylation sites is 1. The van der Waals surface area contributed by atoms with Gasteiger partial charge in [0.05, 0.1) is 5.69 Å². The predicted molar refractivity (Wildman–Crippen MR) is 65.4 cm³/mol. The molecule has 1 aliphatic rings. The van der Waals surface area contributed by atoms with Crippen molar-refractivity contribution in [1.82, 2.24) is 5.32 Å². The fourth-order valence-electron chi connectivity index (χ4n) is 1.90. The van der Waals surface area contributed by atoms with Crippen molar-refractivity contribution in [2.45, 2.75) is 12.8 Å². The van der Waals surface area contributed by atoms with Gasteiger partial charge in [0.15, 0.2) is 6.19 Å². The lowest BCUT2D eigenvalue weighted by molar-refractivity contribution is -0.140. The molecule has 0 bridgehead atoms. The van der Waals surface area contributed by atoms with Gasteiger partial charge in [0.2, 0.25) is 11.8 Å². The van der Waals surface area contributed by atoms with E-state index in [4.69, 9.17) is 5.26 Å². The van der Waals surface area contributed by atoms with Crippen LogP contribution < -0.4 is 10.2 Å². The molecule has 0 saturated carbocycles. The zero-order valence-electron chi connectivity index (χ0n) is 10.00. The van der Waals surface area contributed by atoms with E-state index in [0.717, 1.165) is 4.90 Å². The highest BCUT2D eigenvalue weighted by Gasteiger charge is 2.35. The van der Waals surface area contributed by atoms with Crippen LogP contribution in [0, 0.1) is 17.4 Å². The Bertz CT molecular complexity index is 562. The van der Waals surface area contributed by atoms with Crippen molar-refractivity contribution in [3.05, 3.63) is 30.3 Å². The number of hydrogen-bond acceptors (Lipinski definition) is 4. The highest BCUT2D eigenvalue weighted by atomic mass is 16.2. The number of nitrogens with one attached hydrogen (secondary N) is 1. The Morgan fingerprint density at radius 2 is 2.00 bits per heavy atom. The molecule has 96 valence electrons. The lowest BCUT2D eigenvalue weighted by Crippen LogP contribution is -2.47. The number of rotatable bonds is 2. The third kappa shape index (κ3) is 2.60. The fraction of sp³-hybridized carbons (Fsp3) is 0.231. The van der Waals surface area contributed by atoms with Gasteiger partial charge in [-0.1, -0.05) is 18.2 Å².